The SMILES string of the molecule is O=Cc1cc2cc[nH]c2cc1C(F)(F)F. The highest BCUT2D eigenvalue weighted by Gasteiger charge is 2.33. The molecule has 0 spiro atoms. The van der Waals surface area contributed by atoms with E-state index in [1.165, 1.54) is 12.3 Å². The van der Waals surface area contributed by atoms with Crippen LogP contribution in [0.5, 0.6) is 0 Å². The van der Waals surface area contributed by atoms with Gasteiger partial charge >= 0.3 is 6.18 Å². The average Bonchev–Trinajstić information content (AvgIpc) is 2.60. The van der Waals surface area contributed by atoms with Gasteiger partial charge in [0.15, 0.2) is 6.29 Å². The smallest absolute Gasteiger partial charge is 0.361 e. The third-order valence-electron chi connectivity index (χ3n) is 2.16. The molecule has 0 unspecified atom stereocenters. The summed E-state index contributed by atoms with van der Waals surface area (Å²) in [6.07, 6.45) is -2.76. The maximum absolute atomic E-state index is 12.5. The van der Waals surface area contributed by atoms with Gasteiger partial charge in [-0.15, -0.1) is 0 Å². The van der Waals surface area contributed by atoms with E-state index in [9.17, 15) is 18.0 Å². The maximum atomic E-state index is 12.5. The lowest BCUT2D eigenvalue weighted by atomic mass is 10.1. The highest BCUT2D eigenvalue weighted by Crippen LogP contribution is 2.33. The normalized spacial score (nSPS) is 11.9. The van der Waals surface area contributed by atoms with Crippen molar-refractivity contribution in [2.75, 3.05) is 0 Å². The van der Waals surface area contributed by atoms with Crippen molar-refractivity contribution in [2.24, 2.45) is 0 Å². The van der Waals surface area contributed by atoms with E-state index in [0.717, 1.165) is 6.07 Å². The Morgan fingerprint density at radius 1 is 1.27 bits per heavy atom. The fourth-order valence-electron chi connectivity index (χ4n) is 1.46. The molecule has 78 valence electrons. The molecule has 15 heavy (non-hydrogen) atoms. The van der Waals surface area contributed by atoms with Crippen LogP contribution in [-0.4, -0.2) is 11.3 Å². The highest BCUT2D eigenvalue weighted by atomic mass is 19.4. The van der Waals surface area contributed by atoms with Gasteiger partial charge in [0, 0.05) is 22.7 Å². The van der Waals surface area contributed by atoms with Gasteiger partial charge in [0.1, 0.15) is 0 Å². The third kappa shape index (κ3) is 1.60. The van der Waals surface area contributed by atoms with Crippen LogP contribution in [0.15, 0.2) is 24.4 Å². The van der Waals surface area contributed by atoms with Crippen LogP contribution in [0.2, 0.25) is 0 Å². The van der Waals surface area contributed by atoms with Crippen LogP contribution >= 0.6 is 0 Å². The number of aromatic nitrogens is 1. The van der Waals surface area contributed by atoms with E-state index in [-0.39, 0.29) is 11.8 Å². The van der Waals surface area contributed by atoms with E-state index in [1.54, 1.807) is 6.07 Å². The number of H-pyrrole nitrogens is 1. The van der Waals surface area contributed by atoms with Crippen LogP contribution < -0.4 is 0 Å². The van der Waals surface area contributed by atoms with E-state index in [0.29, 0.717) is 10.9 Å². The number of rotatable bonds is 1. The summed E-state index contributed by atoms with van der Waals surface area (Å²) >= 11 is 0. The molecule has 0 aliphatic heterocycles. The van der Waals surface area contributed by atoms with Gasteiger partial charge < -0.3 is 4.98 Å². The lowest BCUT2D eigenvalue weighted by Crippen LogP contribution is -2.08. The number of aldehydes is 1. The number of alkyl halides is 3. The zero-order chi connectivity index (χ0) is 11.1. The largest absolute Gasteiger partial charge is 0.417 e. The van der Waals surface area contributed by atoms with Crippen molar-refractivity contribution in [3.8, 4) is 0 Å². The first-order valence-electron chi connectivity index (χ1n) is 4.16. The number of aromatic amines is 1. The van der Waals surface area contributed by atoms with Crippen LogP contribution in [0.1, 0.15) is 15.9 Å². The fourth-order valence-corrected chi connectivity index (χ4v) is 1.46. The number of hydrogen-bond acceptors (Lipinski definition) is 1. The number of carbonyl (C=O) groups excluding carboxylic acids is 1. The Hall–Kier alpha value is -1.78. The fraction of sp³-hybridized carbons (Fsp3) is 0.100. The molecule has 0 radical (unpaired) electrons. The zero-order valence-electron chi connectivity index (χ0n) is 7.43. The van der Waals surface area contributed by atoms with Gasteiger partial charge in [-0.3, -0.25) is 4.79 Å². The van der Waals surface area contributed by atoms with E-state index in [1.807, 2.05) is 0 Å². The first kappa shape index (κ1) is 9.76. The number of carbonyl (C=O) groups is 1. The summed E-state index contributed by atoms with van der Waals surface area (Å²) in [5, 5.41) is 0.588. The summed E-state index contributed by atoms with van der Waals surface area (Å²) in [6.45, 7) is 0. The highest BCUT2D eigenvalue weighted by molar-refractivity contribution is 5.89. The maximum Gasteiger partial charge on any atom is 0.417 e. The second-order valence-corrected chi connectivity index (χ2v) is 3.12. The Bertz CT molecular complexity index is 513. The first-order chi connectivity index (χ1) is 7.02. The lowest BCUT2D eigenvalue weighted by molar-refractivity contribution is -0.137. The van der Waals surface area contributed by atoms with Gasteiger partial charge in [0.2, 0.25) is 0 Å². The molecule has 2 rings (SSSR count). The molecule has 0 saturated carbocycles. The molecule has 1 aromatic heterocycles. The Balaban J connectivity index is 2.75. The summed E-state index contributed by atoms with van der Waals surface area (Å²) < 4.78 is 37.5. The number of benzene rings is 1. The van der Waals surface area contributed by atoms with Crippen molar-refractivity contribution in [3.63, 3.8) is 0 Å². The van der Waals surface area contributed by atoms with E-state index >= 15 is 0 Å². The predicted molar refractivity (Wildman–Crippen MR) is 48.7 cm³/mol. The van der Waals surface area contributed by atoms with Crippen LogP contribution in [-0.2, 0) is 6.18 Å². The topological polar surface area (TPSA) is 32.9 Å². The van der Waals surface area contributed by atoms with Gasteiger partial charge in [0.25, 0.3) is 0 Å². The van der Waals surface area contributed by atoms with Gasteiger partial charge in [0.05, 0.1) is 5.56 Å². The molecule has 1 heterocycles. The minimum Gasteiger partial charge on any atom is -0.361 e. The predicted octanol–water partition coefficient (Wildman–Crippen LogP) is 3.00. The summed E-state index contributed by atoms with van der Waals surface area (Å²) in [5.74, 6) is 0. The Kier molecular flexibility index (Phi) is 2.03. The molecule has 0 atom stereocenters. The molecule has 0 fully saturated rings. The molecule has 0 aliphatic carbocycles. The third-order valence-corrected chi connectivity index (χ3v) is 2.16. The summed E-state index contributed by atoms with van der Waals surface area (Å²) in [4.78, 5) is 13.2. The van der Waals surface area contributed by atoms with Crippen LogP contribution in [0.4, 0.5) is 13.2 Å². The second kappa shape index (κ2) is 3.12. The Morgan fingerprint density at radius 3 is 2.60 bits per heavy atom. The molecule has 0 amide bonds. The number of hydrogen-bond donors (Lipinski definition) is 1. The molecule has 2 aromatic rings. The van der Waals surface area contributed by atoms with Gasteiger partial charge in [-0.05, 0) is 18.2 Å². The van der Waals surface area contributed by atoms with E-state index < -0.39 is 11.7 Å². The van der Waals surface area contributed by atoms with Gasteiger partial charge in [-0.1, -0.05) is 0 Å². The van der Waals surface area contributed by atoms with Crippen molar-refractivity contribution in [1.82, 2.24) is 4.98 Å². The minimum absolute atomic E-state index is 0.218. The van der Waals surface area contributed by atoms with Crippen LogP contribution in [0.3, 0.4) is 0 Å². The quantitative estimate of drug-likeness (QED) is 0.725. The molecule has 1 N–H and O–H groups in total. The summed E-state index contributed by atoms with van der Waals surface area (Å²) in [6, 6.07) is 3.78. The molecule has 0 aliphatic rings. The van der Waals surface area contributed by atoms with Crippen molar-refractivity contribution in [2.45, 2.75) is 6.18 Å². The number of fused-ring (bicyclic) bond motifs is 1. The lowest BCUT2D eigenvalue weighted by Gasteiger charge is -2.09. The molecular weight excluding hydrogens is 207 g/mol. The summed E-state index contributed by atoms with van der Waals surface area (Å²) in [5.41, 5.74) is -0.880. The Labute approximate surface area is 82.7 Å². The molecule has 1 aromatic carbocycles. The molecule has 0 saturated heterocycles. The monoisotopic (exact) mass is 213 g/mol. The zero-order valence-corrected chi connectivity index (χ0v) is 7.43. The van der Waals surface area contributed by atoms with Gasteiger partial charge in [-0.25, -0.2) is 0 Å². The number of halogens is 3. The first-order valence-corrected chi connectivity index (χ1v) is 4.16. The van der Waals surface area contributed by atoms with E-state index in [4.69, 9.17) is 0 Å². The van der Waals surface area contributed by atoms with Crippen molar-refractivity contribution >= 4 is 17.2 Å². The second-order valence-electron chi connectivity index (χ2n) is 3.12. The van der Waals surface area contributed by atoms with Crippen LogP contribution in [0.25, 0.3) is 10.9 Å². The Morgan fingerprint density at radius 2 is 2.00 bits per heavy atom. The van der Waals surface area contributed by atoms with Gasteiger partial charge in [-0.2, -0.15) is 13.2 Å². The molecule has 2 nitrogen and oxygen atoms in total. The summed E-state index contributed by atoms with van der Waals surface area (Å²) in [7, 11) is 0. The minimum atomic E-state index is -4.50. The van der Waals surface area contributed by atoms with E-state index in [2.05, 4.69) is 4.98 Å². The molecule has 0 bridgehead atoms. The van der Waals surface area contributed by atoms with Crippen molar-refractivity contribution < 1.29 is 18.0 Å². The molecular formula is C10H6F3NO. The molecule has 5 heteroatoms. The van der Waals surface area contributed by atoms with Crippen molar-refractivity contribution in [1.29, 1.82) is 0 Å². The van der Waals surface area contributed by atoms with Crippen LogP contribution in [0, 0.1) is 0 Å². The standard InChI is InChI=1S/C10H6F3NO/c11-10(12,13)8-4-9-6(1-2-14-9)3-7(8)5-15/h1-5,14H. The average molecular weight is 213 g/mol. The number of nitrogens with one attached hydrogen (secondary N) is 1. The van der Waals surface area contributed by atoms with Crippen molar-refractivity contribution in [3.05, 3.63) is 35.5 Å².